The number of carbonyl (C=O) groups excluding carboxylic acids is 2. The molecule has 2 aromatic carbocycles. The molecule has 2 aromatic rings. The fraction of sp³-hybridized carbons (Fsp3) is 0.150. The number of benzene rings is 2. The number of carbonyl (C=O) groups is 3. The maximum atomic E-state index is 12.8. The number of carboxylic acids is 1. The summed E-state index contributed by atoms with van der Waals surface area (Å²) in [7, 11) is 1.40. The summed E-state index contributed by atoms with van der Waals surface area (Å²) in [5.41, 5.74) is 1.03. The highest BCUT2D eigenvalue weighted by Crippen LogP contribution is 2.40. The van der Waals surface area contributed by atoms with Crippen LogP contribution in [0.2, 0.25) is 10.0 Å². The number of carboxylic acid groups (broad SMARTS) is 1. The Morgan fingerprint density at radius 2 is 1.94 bits per heavy atom. The van der Waals surface area contributed by atoms with Gasteiger partial charge in [-0.2, -0.15) is 0 Å². The number of hydrogen-bond acceptors (Lipinski definition) is 6. The van der Waals surface area contributed by atoms with Gasteiger partial charge in [-0.3, -0.25) is 14.5 Å². The molecule has 0 aromatic heterocycles. The summed E-state index contributed by atoms with van der Waals surface area (Å²) in [5, 5.41) is 9.09. The molecule has 1 N–H and O–H groups in total. The summed E-state index contributed by atoms with van der Waals surface area (Å²) in [4.78, 5) is 37.3. The zero-order valence-electron chi connectivity index (χ0n) is 15.9. The van der Waals surface area contributed by atoms with E-state index in [2.05, 4.69) is 15.9 Å². The summed E-state index contributed by atoms with van der Waals surface area (Å²) >= 11 is 16.4. The van der Waals surface area contributed by atoms with Gasteiger partial charge in [-0.25, -0.2) is 4.79 Å². The highest BCUT2D eigenvalue weighted by Gasteiger charge is 2.35. The van der Waals surface area contributed by atoms with Crippen LogP contribution >= 0.6 is 50.9 Å². The van der Waals surface area contributed by atoms with Crippen molar-refractivity contribution < 1.29 is 29.0 Å². The Kier molecular flexibility index (Phi) is 7.53. The van der Waals surface area contributed by atoms with Crippen LogP contribution in [0.15, 0.2) is 39.7 Å². The minimum Gasteiger partial charge on any atom is -0.493 e. The fourth-order valence-electron chi connectivity index (χ4n) is 2.73. The van der Waals surface area contributed by atoms with Gasteiger partial charge in [0.05, 0.1) is 23.0 Å². The summed E-state index contributed by atoms with van der Waals surface area (Å²) in [5.74, 6) is -1.13. The first-order valence-electron chi connectivity index (χ1n) is 8.61. The molecule has 162 valence electrons. The smallest absolute Gasteiger partial charge is 0.341 e. The van der Waals surface area contributed by atoms with Crippen molar-refractivity contribution in [3.63, 3.8) is 0 Å². The van der Waals surface area contributed by atoms with Crippen molar-refractivity contribution in [1.82, 2.24) is 4.90 Å². The molecule has 11 heteroatoms. The van der Waals surface area contributed by atoms with Crippen LogP contribution in [0, 0.1) is 0 Å². The number of imide groups is 1. The third kappa shape index (κ3) is 5.35. The number of ether oxygens (including phenoxy) is 2. The predicted molar refractivity (Wildman–Crippen MR) is 122 cm³/mol. The van der Waals surface area contributed by atoms with Gasteiger partial charge in [0.15, 0.2) is 18.1 Å². The van der Waals surface area contributed by atoms with Crippen molar-refractivity contribution in [3.05, 3.63) is 60.9 Å². The van der Waals surface area contributed by atoms with Gasteiger partial charge in [0.1, 0.15) is 0 Å². The second kappa shape index (κ2) is 9.95. The van der Waals surface area contributed by atoms with Crippen molar-refractivity contribution in [3.8, 4) is 11.5 Å². The number of nitrogens with zero attached hydrogens (tertiary/aromatic N) is 1. The molecule has 2 amide bonds. The molecular formula is C20H14BrCl2NO6S. The highest BCUT2D eigenvalue weighted by molar-refractivity contribution is 9.10. The molecule has 1 aliphatic rings. The Balaban J connectivity index is 1.87. The van der Waals surface area contributed by atoms with Crippen LogP contribution in [0.5, 0.6) is 11.5 Å². The van der Waals surface area contributed by atoms with Gasteiger partial charge in [0.2, 0.25) is 0 Å². The van der Waals surface area contributed by atoms with Crippen LogP contribution < -0.4 is 9.47 Å². The second-order valence-corrected chi connectivity index (χ2v) is 8.85. The van der Waals surface area contributed by atoms with Gasteiger partial charge >= 0.3 is 5.97 Å². The molecule has 0 bridgehead atoms. The molecule has 0 unspecified atom stereocenters. The van der Waals surface area contributed by atoms with Crippen molar-refractivity contribution in [2.75, 3.05) is 13.7 Å². The molecular weight excluding hydrogens is 533 g/mol. The van der Waals surface area contributed by atoms with E-state index in [0.717, 1.165) is 16.7 Å². The number of rotatable bonds is 7. The van der Waals surface area contributed by atoms with E-state index in [1.54, 1.807) is 30.3 Å². The highest BCUT2D eigenvalue weighted by atomic mass is 79.9. The number of methoxy groups -OCH3 is 1. The van der Waals surface area contributed by atoms with E-state index >= 15 is 0 Å². The van der Waals surface area contributed by atoms with Gasteiger partial charge in [0, 0.05) is 15.6 Å². The van der Waals surface area contributed by atoms with E-state index in [9.17, 15) is 14.4 Å². The lowest BCUT2D eigenvalue weighted by atomic mass is 10.1. The molecule has 0 atom stereocenters. The van der Waals surface area contributed by atoms with Crippen molar-refractivity contribution in [2.24, 2.45) is 0 Å². The van der Waals surface area contributed by atoms with Crippen LogP contribution in [-0.2, 0) is 16.1 Å². The lowest BCUT2D eigenvalue weighted by Crippen LogP contribution is -2.27. The molecule has 0 radical (unpaired) electrons. The second-order valence-electron chi connectivity index (χ2n) is 6.18. The topological polar surface area (TPSA) is 93.1 Å². The van der Waals surface area contributed by atoms with Crippen LogP contribution in [-0.4, -0.2) is 40.8 Å². The molecule has 0 saturated carbocycles. The zero-order valence-corrected chi connectivity index (χ0v) is 19.8. The van der Waals surface area contributed by atoms with Crippen molar-refractivity contribution >= 4 is 74.1 Å². The third-order valence-electron chi connectivity index (χ3n) is 4.14. The average Bonchev–Trinajstić information content (AvgIpc) is 2.96. The summed E-state index contributed by atoms with van der Waals surface area (Å²) in [6, 6.07) is 8.14. The Morgan fingerprint density at radius 1 is 1.26 bits per heavy atom. The first-order valence-corrected chi connectivity index (χ1v) is 11.0. The molecule has 7 nitrogen and oxygen atoms in total. The number of amides is 2. The number of thioether (sulfide) groups is 1. The molecule has 1 fully saturated rings. The normalized spacial score (nSPS) is 15.0. The van der Waals surface area contributed by atoms with Gasteiger partial charge in [-0.05, 0) is 63.6 Å². The lowest BCUT2D eigenvalue weighted by Gasteiger charge is -2.15. The Bertz CT molecular complexity index is 1090. The van der Waals surface area contributed by atoms with Gasteiger partial charge in [-0.15, -0.1) is 0 Å². The van der Waals surface area contributed by atoms with E-state index in [4.69, 9.17) is 37.8 Å². The maximum Gasteiger partial charge on any atom is 0.341 e. The monoisotopic (exact) mass is 545 g/mol. The molecule has 3 rings (SSSR count). The third-order valence-corrected chi connectivity index (χ3v) is 6.35. The van der Waals surface area contributed by atoms with E-state index < -0.39 is 23.7 Å². The molecule has 1 saturated heterocycles. The molecule has 31 heavy (non-hydrogen) atoms. The maximum absolute atomic E-state index is 12.8. The zero-order chi connectivity index (χ0) is 22.7. The van der Waals surface area contributed by atoms with Gasteiger partial charge in [0.25, 0.3) is 11.1 Å². The minimum atomic E-state index is -1.13. The van der Waals surface area contributed by atoms with Gasteiger partial charge < -0.3 is 14.6 Å². The van der Waals surface area contributed by atoms with E-state index in [-0.39, 0.29) is 22.9 Å². The summed E-state index contributed by atoms with van der Waals surface area (Å²) in [6.07, 6.45) is 1.54. The standard InChI is InChI=1S/C20H14BrCl2NO6S/c1-29-15-6-10(5-12(21)18(15)30-9-17(25)26)7-16-19(27)24(20(28)31-16)8-11-13(22)3-2-4-14(11)23/h2-7H,8-9H2,1H3,(H,25,26)/b16-7-. The molecule has 1 heterocycles. The Labute approximate surface area is 200 Å². The van der Waals surface area contributed by atoms with E-state index in [1.807, 2.05) is 0 Å². The molecule has 1 aliphatic heterocycles. The van der Waals surface area contributed by atoms with Crippen LogP contribution in [0.1, 0.15) is 11.1 Å². The molecule has 0 spiro atoms. The Morgan fingerprint density at radius 3 is 2.55 bits per heavy atom. The van der Waals surface area contributed by atoms with Gasteiger partial charge in [-0.1, -0.05) is 29.3 Å². The summed E-state index contributed by atoms with van der Waals surface area (Å²) < 4.78 is 10.9. The van der Waals surface area contributed by atoms with Crippen LogP contribution in [0.4, 0.5) is 4.79 Å². The number of aliphatic carboxylic acids is 1. The first-order chi connectivity index (χ1) is 14.7. The first kappa shape index (κ1) is 23.5. The SMILES string of the molecule is COc1cc(/C=C2\SC(=O)N(Cc3c(Cl)cccc3Cl)C2=O)cc(Br)c1OCC(=O)O. The predicted octanol–water partition coefficient (Wildman–Crippen LogP) is 5.46. The minimum absolute atomic E-state index is 0.0461. The Hall–Kier alpha value is -2.20. The quantitative estimate of drug-likeness (QED) is 0.460. The van der Waals surface area contributed by atoms with Crippen LogP contribution in [0.25, 0.3) is 6.08 Å². The lowest BCUT2D eigenvalue weighted by molar-refractivity contribution is -0.139. The van der Waals surface area contributed by atoms with E-state index in [1.165, 1.54) is 13.2 Å². The largest absolute Gasteiger partial charge is 0.493 e. The average molecular weight is 547 g/mol. The van der Waals surface area contributed by atoms with Crippen LogP contribution in [0.3, 0.4) is 0 Å². The summed E-state index contributed by atoms with van der Waals surface area (Å²) in [6.45, 7) is -0.590. The van der Waals surface area contributed by atoms with Crippen molar-refractivity contribution in [1.29, 1.82) is 0 Å². The number of halogens is 3. The number of hydrogen-bond donors (Lipinski definition) is 1. The fourth-order valence-corrected chi connectivity index (χ4v) is 4.66. The van der Waals surface area contributed by atoms with Crippen molar-refractivity contribution in [2.45, 2.75) is 6.54 Å². The van der Waals surface area contributed by atoms with E-state index in [0.29, 0.717) is 25.6 Å². The molecule has 0 aliphatic carbocycles.